The van der Waals surface area contributed by atoms with Crippen LogP contribution >= 0.6 is 11.6 Å². The number of amides is 1. The number of carbonyl (C=O) groups is 1. The summed E-state index contributed by atoms with van der Waals surface area (Å²) >= 11 is 6.39. The molecule has 2 aliphatic heterocycles. The number of hydrogen-bond donors (Lipinski definition) is 2. The van der Waals surface area contributed by atoms with Gasteiger partial charge in [-0.3, -0.25) is 4.79 Å². The molecule has 6 rings (SSSR count). The van der Waals surface area contributed by atoms with Crippen LogP contribution in [0.25, 0.3) is 0 Å². The van der Waals surface area contributed by atoms with Crippen LogP contribution in [0.15, 0.2) is 48.6 Å². The van der Waals surface area contributed by atoms with Crippen molar-refractivity contribution in [3.63, 3.8) is 0 Å². The Labute approximate surface area is 259 Å². The van der Waals surface area contributed by atoms with Crippen molar-refractivity contribution in [2.24, 2.45) is 11.8 Å². The van der Waals surface area contributed by atoms with E-state index < -0.39 is 33.4 Å². The third kappa shape index (κ3) is 5.81. The van der Waals surface area contributed by atoms with Gasteiger partial charge in [-0.25, -0.2) is 13.1 Å². The Bertz CT molecular complexity index is 1510. The number of nitrogens with zero attached hydrogens (tertiary/aromatic N) is 1. The van der Waals surface area contributed by atoms with E-state index in [1.165, 1.54) is 18.2 Å². The van der Waals surface area contributed by atoms with Gasteiger partial charge in [0.1, 0.15) is 11.0 Å². The molecule has 2 aromatic carbocycles. The second-order valence-corrected chi connectivity index (χ2v) is 15.0. The number of sulfonamides is 1. The van der Waals surface area contributed by atoms with Crippen LogP contribution in [0.5, 0.6) is 5.75 Å². The largest absolute Gasteiger partial charge is 0.490 e. The number of aliphatic hydroxyl groups excluding tert-OH is 1. The number of fused-ring (bicyclic) bond motifs is 4. The van der Waals surface area contributed by atoms with Crippen LogP contribution in [0.3, 0.4) is 0 Å². The van der Waals surface area contributed by atoms with Crippen LogP contribution in [-0.4, -0.2) is 63.7 Å². The number of ether oxygens (including phenoxy) is 2. The third-order valence-electron chi connectivity index (χ3n) is 10.1. The van der Waals surface area contributed by atoms with Crippen molar-refractivity contribution in [1.29, 1.82) is 0 Å². The van der Waals surface area contributed by atoms with Gasteiger partial charge in [-0.05, 0) is 98.2 Å². The number of aliphatic hydroxyl groups is 1. The molecule has 0 unspecified atom stereocenters. The second-order valence-electron chi connectivity index (χ2n) is 12.6. The number of methoxy groups -OCH3 is 1. The van der Waals surface area contributed by atoms with Gasteiger partial charge in [-0.1, -0.05) is 36.7 Å². The van der Waals surface area contributed by atoms with E-state index >= 15 is 0 Å². The standard InChI is InChI=1S/C33H41ClN2O6S/c1-3-31-30(41-2)8-4-7-28(37)25-12-9-23(25)18-36-19-33(15-5-6-21-16-24(34)11-13-26(21)33)20-42-29-14-10-22(17-27(29)36)32(38)35-43(31,39)40/h4,7,10-11,13-14,16-17,23,25,28,30-31,37H,3,5-6,8-9,12,15,18-20H2,1-2H3,(H,35,38)/b7-4+/t23-,25+,28-,30+,31+,33-/m0/s1. The summed E-state index contributed by atoms with van der Waals surface area (Å²) < 4.78 is 41.3. The number of anilines is 1. The summed E-state index contributed by atoms with van der Waals surface area (Å²) in [5.41, 5.74) is 3.25. The number of halogens is 1. The molecule has 6 atom stereocenters. The molecular formula is C33H41ClN2O6S. The van der Waals surface area contributed by atoms with E-state index in [9.17, 15) is 18.3 Å². The summed E-state index contributed by atoms with van der Waals surface area (Å²) in [5, 5.41) is 11.0. The first-order valence-corrected chi connectivity index (χ1v) is 17.3. The lowest BCUT2D eigenvalue weighted by Gasteiger charge is -2.45. The highest BCUT2D eigenvalue weighted by molar-refractivity contribution is 7.90. The summed E-state index contributed by atoms with van der Waals surface area (Å²) in [4.78, 5) is 15.8. The van der Waals surface area contributed by atoms with Crippen molar-refractivity contribution in [2.45, 2.75) is 74.7 Å². The molecule has 232 valence electrons. The molecule has 1 amide bonds. The minimum Gasteiger partial charge on any atom is -0.490 e. The Morgan fingerprint density at radius 2 is 2.05 bits per heavy atom. The number of hydrogen-bond acceptors (Lipinski definition) is 7. The predicted octanol–water partition coefficient (Wildman–Crippen LogP) is 5.01. The van der Waals surface area contributed by atoms with Crippen molar-refractivity contribution in [1.82, 2.24) is 4.72 Å². The molecule has 1 spiro atoms. The van der Waals surface area contributed by atoms with Crippen LogP contribution in [0, 0.1) is 11.8 Å². The second kappa shape index (κ2) is 12.1. The van der Waals surface area contributed by atoms with Gasteiger partial charge < -0.3 is 19.5 Å². The molecule has 1 saturated carbocycles. The van der Waals surface area contributed by atoms with Gasteiger partial charge in [0.05, 0.1) is 24.5 Å². The van der Waals surface area contributed by atoms with Crippen molar-refractivity contribution >= 4 is 33.2 Å². The van der Waals surface area contributed by atoms with Gasteiger partial charge in [-0.2, -0.15) is 0 Å². The molecule has 10 heteroatoms. The lowest BCUT2D eigenvalue weighted by atomic mass is 9.68. The fourth-order valence-electron chi connectivity index (χ4n) is 7.65. The monoisotopic (exact) mass is 628 g/mol. The number of aryl methyl sites for hydroxylation is 1. The quantitative estimate of drug-likeness (QED) is 0.450. The summed E-state index contributed by atoms with van der Waals surface area (Å²) in [6.07, 6.45) is 7.74. The summed E-state index contributed by atoms with van der Waals surface area (Å²) in [6, 6.07) is 11.3. The zero-order valence-electron chi connectivity index (χ0n) is 24.8. The molecule has 0 radical (unpaired) electrons. The maximum atomic E-state index is 13.5. The number of nitrogens with one attached hydrogen (secondary N) is 1. The van der Waals surface area contributed by atoms with Crippen molar-refractivity contribution in [3.8, 4) is 5.75 Å². The van der Waals surface area contributed by atoms with Gasteiger partial charge in [0, 0.05) is 36.2 Å². The maximum absolute atomic E-state index is 13.5. The SMILES string of the molecule is CC[C@@H]1[C@H](OC)C/C=C/[C@H](O)[C@@H]2CC[C@H]2CN2C[C@@]3(CCCc4cc(Cl)ccc43)COc3ccc(cc32)C(=O)NS1(=O)=O. The molecule has 1 fully saturated rings. The maximum Gasteiger partial charge on any atom is 0.264 e. The average molecular weight is 629 g/mol. The van der Waals surface area contributed by atoms with Gasteiger partial charge in [0.2, 0.25) is 10.0 Å². The predicted molar refractivity (Wildman–Crippen MR) is 167 cm³/mol. The molecule has 2 aromatic rings. The van der Waals surface area contributed by atoms with E-state index in [1.807, 2.05) is 12.1 Å². The molecule has 2 N–H and O–H groups in total. The van der Waals surface area contributed by atoms with Crippen LogP contribution in [-0.2, 0) is 26.6 Å². The average Bonchev–Trinajstić information content (AvgIpc) is 3.10. The minimum atomic E-state index is -4.06. The molecule has 2 heterocycles. The van der Waals surface area contributed by atoms with Crippen LogP contribution in [0.1, 0.15) is 66.9 Å². The lowest BCUT2D eigenvalue weighted by molar-refractivity contribution is 0.0451. The van der Waals surface area contributed by atoms with E-state index in [-0.39, 0.29) is 29.2 Å². The van der Waals surface area contributed by atoms with E-state index in [1.54, 1.807) is 31.2 Å². The lowest BCUT2D eigenvalue weighted by Crippen LogP contribution is -2.49. The Morgan fingerprint density at radius 1 is 1.21 bits per heavy atom. The molecule has 0 aromatic heterocycles. The van der Waals surface area contributed by atoms with Crippen molar-refractivity contribution in [2.75, 3.05) is 31.7 Å². The number of carbonyl (C=O) groups excluding carboxylic acids is 1. The number of benzene rings is 2. The van der Waals surface area contributed by atoms with E-state index in [2.05, 4.69) is 21.8 Å². The van der Waals surface area contributed by atoms with Gasteiger partial charge in [0.15, 0.2) is 0 Å². The van der Waals surface area contributed by atoms with E-state index in [0.717, 1.165) is 42.8 Å². The highest BCUT2D eigenvalue weighted by atomic mass is 35.5. The van der Waals surface area contributed by atoms with Crippen LogP contribution < -0.4 is 14.4 Å². The minimum absolute atomic E-state index is 0.0864. The molecule has 2 bridgehead atoms. The van der Waals surface area contributed by atoms with Gasteiger partial charge in [-0.15, -0.1) is 0 Å². The molecule has 8 nitrogen and oxygen atoms in total. The first kappa shape index (κ1) is 30.4. The van der Waals surface area contributed by atoms with E-state index in [4.69, 9.17) is 21.1 Å². The van der Waals surface area contributed by atoms with Gasteiger partial charge in [0.25, 0.3) is 5.91 Å². The zero-order chi connectivity index (χ0) is 30.4. The highest BCUT2D eigenvalue weighted by Gasteiger charge is 2.44. The molecule has 2 aliphatic carbocycles. The Balaban J connectivity index is 1.42. The zero-order valence-corrected chi connectivity index (χ0v) is 26.4. The molecule has 43 heavy (non-hydrogen) atoms. The molecular weight excluding hydrogens is 588 g/mol. The Kier molecular flexibility index (Phi) is 8.54. The van der Waals surface area contributed by atoms with Crippen molar-refractivity contribution in [3.05, 3.63) is 70.3 Å². The smallest absolute Gasteiger partial charge is 0.264 e. The summed E-state index contributed by atoms with van der Waals surface area (Å²) in [5.74, 6) is 0.333. The molecule has 0 saturated heterocycles. The molecule has 4 aliphatic rings. The summed E-state index contributed by atoms with van der Waals surface area (Å²) in [6.45, 7) is 3.63. The third-order valence-corrected chi connectivity index (χ3v) is 12.3. The first-order chi connectivity index (χ1) is 20.6. The normalized spacial score (nSPS) is 32.8. The fraction of sp³-hybridized carbons (Fsp3) is 0.545. The van der Waals surface area contributed by atoms with Crippen LogP contribution in [0.4, 0.5) is 5.69 Å². The first-order valence-electron chi connectivity index (χ1n) is 15.4. The highest BCUT2D eigenvalue weighted by Crippen LogP contribution is 2.46. The summed E-state index contributed by atoms with van der Waals surface area (Å²) in [7, 11) is -2.59. The van der Waals surface area contributed by atoms with Crippen LogP contribution in [0.2, 0.25) is 5.02 Å². The number of rotatable bonds is 2. The van der Waals surface area contributed by atoms with Gasteiger partial charge >= 0.3 is 0 Å². The van der Waals surface area contributed by atoms with Crippen molar-refractivity contribution < 1.29 is 27.8 Å². The Morgan fingerprint density at radius 3 is 2.79 bits per heavy atom. The topological polar surface area (TPSA) is 105 Å². The fourth-order valence-corrected chi connectivity index (χ4v) is 9.43. The van der Waals surface area contributed by atoms with E-state index in [0.29, 0.717) is 31.9 Å². The Hall–Kier alpha value is -2.59.